The maximum absolute atomic E-state index is 11.5. The molecule has 0 spiro atoms. The minimum absolute atomic E-state index is 0.176. The van der Waals surface area contributed by atoms with E-state index >= 15 is 0 Å². The molecule has 0 saturated heterocycles. The second-order valence-corrected chi connectivity index (χ2v) is 3.89. The van der Waals surface area contributed by atoms with Crippen molar-refractivity contribution in [1.29, 1.82) is 0 Å². The van der Waals surface area contributed by atoms with Crippen molar-refractivity contribution in [3.05, 3.63) is 41.2 Å². The number of benzene rings is 1. The average molecular weight is 251 g/mol. The van der Waals surface area contributed by atoms with E-state index < -0.39 is 0 Å². The van der Waals surface area contributed by atoms with Crippen LogP contribution in [0.25, 0.3) is 5.69 Å². The van der Waals surface area contributed by atoms with Crippen LogP contribution in [-0.2, 0) is 0 Å². The van der Waals surface area contributed by atoms with Gasteiger partial charge in [0.15, 0.2) is 0 Å². The summed E-state index contributed by atoms with van der Waals surface area (Å²) in [7, 11) is 1.57. The number of nitrogens with one attached hydrogen (secondary N) is 1. The molecule has 1 heterocycles. The molecule has 0 unspecified atom stereocenters. The summed E-state index contributed by atoms with van der Waals surface area (Å²) in [5.74, 6) is -0.176. The van der Waals surface area contributed by atoms with Crippen LogP contribution < -0.4 is 11.1 Å². The zero-order valence-electron chi connectivity index (χ0n) is 9.14. The van der Waals surface area contributed by atoms with Crippen molar-refractivity contribution in [1.82, 2.24) is 15.1 Å². The third kappa shape index (κ3) is 2.24. The number of anilines is 1. The van der Waals surface area contributed by atoms with Crippen LogP contribution in [0.4, 0.5) is 5.69 Å². The topological polar surface area (TPSA) is 72.9 Å². The van der Waals surface area contributed by atoms with Gasteiger partial charge in [0, 0.05) is 18.8 Å². The number of nitrogen functional groups attached to an aromatic ring is 1. The third-order valence-corrected chi connectivity index (χ3v) is 2.51. The van der Waals surface area contributed by atoms with E-state index in [-0.39, 0.29) is 5.91 Å². The second-order valence-electron chi connectivity index (χ2n) is 3.46. The molecular formula is C11H11ClN4O. The summed E-state index contributed by atoms with van der Waals surface area (Å²) in [4.78, 5) is 11.5. The standard InChI is InChI=1S/C11H11ClN4O/c1-14-11(17)7-2-3-9(13)10(4-7)16-6-8(12)5-15-16/h2-6H,13H2,1H3,(H,14,17). The molecule has 6 heteroatoms. The van der Waals surface area contributed by atoms with Gasteiger partial charge < -0.3 is 11.1 Å². The molecular weight excluding hydrogens is 240 g/mol. The molecule has 0 bridgehead atoms. The third-order valence-electron chi connectivity index (χ3n) is 2.32. The molecule has 0 atom stereocenters. The number of amides is 1. The van der Waals surface area contributed by atoms with E-state index in [1.807, 2.05) is 0 Å². The lowest BCUT2D eigenvalue weighted by Crippen LogP contribution is -2.18. The summed E-state index contributed by atoms with van der Waals surface area (Å²) in [5, 5.41) is 7.10. The van der Waals surface area contributed by atoms with Crippen LogP contribution in [0.1, 0.15) is 10.4 Å². The van der Waals surface area contributed by atoms with E-state index in [0.717, 1.165) is 0 Å². The van der Waals surface area contributed by atoms with E-state index in [1.165, 1.54) is 10.9 Å². The first-order valence-corrected chi connectivity index (χ1v) is 5.32. The van der Waals surface area contributed by atoms with Gasteiger partial charge in [-0.05, 0) is 18.2 Å². The molecule has 1 amide bonds. The summed E-state index contributed by atoms with van der Waals surface area (Å²) in [6.07, 6.45) is 3.13. The number of nitrogens with zero attached hydrogens (tertiary/aromatic N) is 2. The number of aromatic nitrogens is 2. The van der Waals surface area contributed by atoms with Crippen LogP contribution in [0.2, 0.25) is 5.02 Å². The Balaban J connectivity index is 2.49. The zero-order valence-corrected chi connectivity index (χ0v) is 9.90. The number of rotatable bonds is 2. The number of carbonyl (C=O) groups excluding carboxylic acids is 1. The van der Waals surface area contributed by atoms with Gasteiger partial charge in [0.2, 0.25) is 0 Å². The predicted octanol–water partition coefficient (Wildman–Crippen LogP) is 1.47. The fourth-order valence-corrected chi connectivity index (χ4v) is 1.60. The summed E-state index contributed by atoms with van der Waals surface area (Å²) in [6, 6.07) is 4.98. The van der Waals surface area contributed by atoms with Gasteiger partial charge in [-0.25, -0.2) is 4.68 Å². The monoisotopic (exact) mass is 250 g/mol. The van der Waals surface area contributed by atoms with Crippen molar-refractivity contribution in [3.8, 4) is 5.69 Å². The van der Waals surface area contributed by atoms with E-state index in [0.29, 0.717) is 22.0 Å². The first kappa shape index (κ1) is 11.5. The fourth-order valence-electron chi connectivity index (χ4n) is 1.46. The Hall–Kier alpha value is -2.01. The summed E-state index contributed by atoms with van der Waals surface area (Å²) in [5.41, 5.74) is 7.50. The van der Waals surface area contributed by atoms with Gasteiger partial charge in [0.25, 0.3) is 5.91 Å². The normalized spacial score (nSPS) is 10.2. The molecule has 0 saturated carbocycles. The molecule has 17 heavy (non-hydrogen) atoms. The van der Waals surface area contributed by atoms with Gasteiger partial charge in [-0.2, -0.15) is 5.10 Å². The summed E-state index contributed by atoms with van der Waals surface area (Å²) >= 11 is 5.79. The van der Waals surface area contributed by atoms with Gasteiger partial charge in [0.05, 0.1) is 22.6 Å². The van der Waals surface area contributed by atoms with Gasteiger partial charge in [-0.3, -0.25) is 4.79 Å². The molecule has 1 aromatic heterocycles. The number of hydrogen-bond donors (Lipinski definition) is 2. The van der Waals surface area contributed by atoms with E-state index in [2.05, 4.69) is 10.4 Å². The maximum atomic E-state index is 11.5. The summed E-state index contributed by atoms with van der Waals surface area (Å²) in [6.45, 7) is 0. The van der Waals surface area contributed by atoms with Gasteiger partial charge in [-0.15, -0.1) is 0 Å². The Bertz CT molecular complexity index is 564. The van der Waals surface area contributed by atoms with E-state index in [9.17, 15) is 4.79 Å². The summed E-state index contributed by atoms with van der Waals surface area (Å²) < 4.78 is 1.53. The highest BCUT2D eigenvalue weighted by Gasteiger charge is 2.09. The van der Waals surface area contributed by atoms with Crippen molar-refractivity contribution in [2.75, 3.05) is 12.8 Å². The lowest BCUT2D eigenvalue weighted by Gasteiger charge is -2.07. The molecule has 0 aliphatic rings. The largest absolute Gasteiger partial charge is 0.397 e. The minimum atomic E-state index is -0.176. The maximum Gasteiger partial charge on any atom is 0.251 e. The van der Waals surface area contributed by atoms with Crippen molar-refractivity contribution >= 4 is 23.2 Å². The molecule has 0 radical (unpaired) electrons. The van der Waals surface area contributed by atoms with Gasteiger partial charge in [-0.1, -0.05) is 11.6 Å². The van der Waals surface area contributed by atoms with Gasteiger partial charge >= 0.3 is 0 Å². The molecule has 1 aromatic carbocycles. The first-order chi connectivity index (χ1) is 8.11. The molecule has 2 aromatic rings. The molecule has 3 N–H and O–H groups in total. The smallest absolute Gasteiger partial charge is 0.251 e. The van der Waals surface area contributed by atoms with Crippen LogP contribution in [0.15, 0.2) is 30.6 Å². The number of hydrogen-bond acceptors (Lipinski definition) is 3. The zero-order chi connectivity index (χ0) is 12.4. The van der Waals surface area contributed by atoms with Gasteiger partial charge in [0.1, 0.15) is 0 Å². The molecule has 0 aliphatic carbocycles. The van der Waals surface area contributed by atoms with Crippen LogP contribution in [0, 0.1) is 0 Å². The predicted molar refractivity (Wildman–Crippen MR) is 66.4 cm³/mol. The lowest BCUT2D eigenvalue weighted by atomic mass is 10.1. The average Bonchev–Trinajstić information content (AvgIpc) is 2.75. The van der Waals surface area contributed by atoms with Crippen LogP contribution in [0.5, 0.6) is 0 Å². The van der Waals surface area contributed by atoms with Crippen molar-refractivity contribution in [2.45, 2.75) is 0 Å². The molecule has 0 fully saturated rings. The van der Waals surface area contributed by atoms with E-state index in [1.54, 1.807) is 31.4 Å². The number of halogens is 1. The Morgan fingerprint density at radius 2 is 2.29 bits per heavy atom. The molecule has 5 nitrogen and oxygen atoms in total. The molecule has 2 rings (SSSR count). The number of carbonyl (C=O) groups is 1. The van der Waals surface area contributed by atoms with Crippen molar-refractivity contribution in [2.24, 2.45) is 0 Å². The van der Waals surface area contributed by atoms with E-state index in [4.69, 9.17) is 17.3 Å². The Morgan fingerprint density at radius 3 is 2.88 bits per heavy atom. The fraction of sp³-hybridized carbons (Fsp3) is 0.0909. The highest BCUT2D eigenvalue weighted by molar-refractivity contribution is 6.30. The van der Waals surface area contributed by atoms with Crippen LogP contribution in [0.3, 0.4) is 0 Å². The Morgan fingerprint density at radius 1 is 1.53 bits per heavy atom. The SMILES string of the molecule is CNC(=O)c1ccc(N)c(-n2cc(Cl)cn2)c1. The number of nitrogens with two attached hydrogens (primary N) is 1. The first-order valence-electron chi connectivity index (χ1n) is 4.94. The van der Waals surface area contributed by atoms with Crippen LogP contribution >= 0.6 is 11.6 Å². The van der Waals surface area contributed by atoms with Crippen molar-refractivity contribution in [3.63, 3.8) is 0 Å². The van der Waals surface area contributed by atoms with Crippen LogP contribution in [-0.4, -0.2) is 22.7 Å². The Kier molecular flexibility index (Phi) is 3.01. The lowest BCUT2D eigenvalue weighted by molar-refractivity contribution is 0.0963. The molecule has 88 valence electrons. The minimum Gasteiger partial charge on any atom is -0.397 e. The molecule has 0 aliphatic heterocycles. The highest BCUT2D eigenvalue weighted by atomic mass is 35.5. The highest BCUT2D eigenvalue weighted by Crippen LogP contribution is 2.20. The second kappa shape index (κ2) is 4.47. The quantitative estimate of drug-likeness (QED) is 0.793. The van der Waals surface area contributed by atoms with Crippen molar-refractivity contribution < 1.29 is 4.79 Å². The Labute approximate surface area is 103 Å².